The Morgan fingerprint density at radius 2 is 1.85 bits per heavy atom. The van der Waals surface area contributed by atoms with Gasteiger partial charge in [-0.1, -0.05) is 43.4 Å². The van der Waals surface area contributed by atoms with Gasteiger partial charge in [0, 0.05) is 17.1 Å². The van der Waals surface area contributed by atoms with Gasteiger partial charge in [-0.05, 0) is 61.8 Å². The number of fused-ring (bicyclic) bond motifs is 1. The Bertz CT molecular complexity index is 449. The molecular formula is C18H26ClN. The number of nitrogens with one attached hydrogen (secondary N) is 1. The molecule has 3 rings (SSSR count). The maximum atomic E-state index is 6.10. The number of aryl methyl sites for hydroxylation is 1. The molecule has 1 N–H and O–H groups in total. The van der Waals surface area contributed by atoms with Crippen LogP contribution in [0.5, 0.6) is 0 Å². The van der Waals surface area contributed by atoms with Crippen LogP contribution >= 0.6 is 11.6 Å². The zero-order chi connectivity index (χ0) is 13.9. The normalized spacial score (nSPS) is 25.2. The summed E-state index contributed by atoms with van der Waals surface area (Å²) in [7, 11) is 0. The molecule has 2 heteroatoms. The topological polar surface area (TPSA) is 12.0 Å². The lowest BCUT2D eigenvalue weighted by Crippen LogP contribution is -2.35. The van der Waals surface area contributed by atoms with Crippen molar-refractivity contribution in [2.45, 2.75) is 70.4 Å². The third-order valence-corrected chi connectivity index (χ3v) is 5.49. The van der Waals surface area contributed by atoms with Gasteiger partial charge in [0.15, 0.2) is 0 Å². The Balaban J connectivity index is 1.64. The van der Waals surface area contributed by atoms with Crippen LogP contribution in [0, 0.1) is 5.92 Å². The molecule has 0 saturated heterocycles. The van der Waals surface area contributed by atoms with E-state index in [1.165, 1.54) is 62.5 Å². The van der Waals surface area contributed by atoms with Crippen LogP contribution in [0.1, 0.15) is 69.0 Å². The average Bonchev–Trinajstić information content (AvgIpc) is 2.66. The number of hydrogen-bond donors (Lipinski definition) is 1. The Labute approximate surface area is 128 Å². The Kier molecular flexibility index (Phi) is 4.68. The van der Waals surface area contributed by atoms with Gasteiger partial charge >= 0.3 is 0 Å². The van der Waals surface area contributed by atoms with Crippen molar-refractivity contribution >= 4 is 11.6 Å². The number of halogens is 1. The van der Waals surface area contributed by atoms with Crippen LogP contribution in [0.25, 0.3) is 0 Å². The van der Waals surface area contributed by atoms with Crippen molar-refractivity contribution in [3.63, 3.8) is 0 Å². The van der Waals surface area contributed by atoms with Gasteiger partial charge in [0.1, 0.15) is 0 Å². The third-order valence-electron chi connectivity index (χ3n) is 5.25. The highest BCUT2D eigenvalue weighted by atomic mass is 35.5. The van der Waals surface area contributed by atoms with E-state index >= 15 is 0 Å². The molecule has 0 spiro atoms. The molecule has 0 amide bonds. The molecule has 20 heavy (non-hydrogen) atoms. The van der Waals surface area contributed by atoms with Crippen molar-refractivity contribution in [2.24, 2.45) is 5.92 Å². The summed E-state index contributed by atoms with van der Waals surface area (Å²) in [5.41, 5.74) is 2.93. The fourth-order valence-corrected chi connectivity index (χ4v) is 4.22. The summed E-state index contributed by atoms with van der Waals surface area (Å²) in [5.74, 6) is 0.869. The van der Waals surface area contributed by atoms with Crippen LogP contribution in [0.2, 0.25) is 5.02 Å². The summed E-state index contributed by atoms with van der Waals surface area (Å²) < 4.78 is 0. The molecule has 1 fully saturated rings. The maximum Gasteiger partial charge on any atom is 0.0408 e. The molecule has 1 aromatic carbocycles. The zero-order valence-corrected chi connectivity index (χ0v) is 13.3. The monoisotopic (exact) mass is 291 g/mol. The molecule has 0 aromatic heterocycles. The molecule has 0 radical (unpaired) electrons. The molecule has 1 unspecified atom stereocenters. The molecule has 2 aliphatic rings. The van der Waals surface area contributed by atoms with Gasteiger partial charge in [0.2, 0.25) is 0 Å². The molecule has 0 aliphatic heterocycles. The summed E-state index contributed by atoms with van der Waals surface area (Å²) >= 11 is 6.10. The van der Waals surface area contributed by atoms with Gasteiger partial charge in [-0.3, -0.25) is 0 Å². The number of rotatable bonds is 3. The average molecular weight is 292 g/mol. The molecule has 0 heterocycles. The molecule has 2 atom stereocenters. The highest BCUT2D eigenvalue weighted by Crippen LogP contribution is 2.34. The van der Waals surface area contributed by atoms with E-state index in [9.17, 15) is 0 Å². The molecule has 1 aromatic rings. The highest BCUT2D eigenvalue weighted by Gasteiger charge is 2.26. The SMILES string of the molecule is C[C@H](NC1CCc2cc(Cl)ccc21)C1CCCCCC1. The Morgan fingerprint density at radius 1 is 1.10 bits per heavy atom. The van der Waals surface area contributed by atoms with Crippen molar-refractivity contribution in [1.29, 1.82) is 0 Å². The number of benzene rings is 1. The van der Waals surface area contributed by atoms with Crippen LogP contribution in [0.15, 0.2) is 18.2 Å². The van der Waals surface area contributed by atoms with E-state index in [-0.39, 0.29) is 0 Å². The van der Waals surface area contributed by atoms with E-state index in [4.69, 9.17) is 11.6 Å². The standard InChI is InChI=1S/C18H26ClN/c1-13(14-6-4-2-3-5-7-14)20-18-11-8-15-12-16(19)9-10-17(15)18/h9-10,12-14,18,20H,2-8,11H2,1H3/t13-,18?/m0/s1. The predicted octanol–water partition coefficient (Wildman–Crippen LogP) is 5.28. The molecule has 1 nitrogen and oxygen atoms in total. The minimum atomic E-state index is 0.542. The van der Waals surface area contributed by atoms with Gasteiger partial charge in [-0.25, -0.2) is 0 Å². The van der Waals surface area contributed by atoms with Gasteiger partial charge in [-0.15, -0.1) is 0 Å². The van der Waals surface area contributed by atoms with Crippen molar-refractivity contribution in [3.05, 3.63) is 34.3 Å². The van der Waals surface area contributed by atoms with E-state index in [0.717, 1.165) is 10.9 Å². The first-order chi connectivity index (χ1) is 9.74. The van der Waals surface area contributed by atoms with Gasteiger partial charge in [0.05, 0.1) is 0 Å². The van der Waals surface area contributed by atoms with E-state index in [1.807, 2.05) is 6.07 Å². The highest BCUT2D eigenvalue weighted by molar-refractivity contribution is 6.30. The van der Waals surface area contributed by atoms with E-state index in [0.29, 0.717) is 12.1 Å². The van der Waals surface area contributed by atoms with E-state index in [2.05, 4.69) is 24.4 Å². The van der Waals surface area contributed by atoms with Crippen LogP contribution in [0.3, 0.4) is 0 Å². The minimum Gasteiger partial charge on any atom is -0.307 e. The molecular weight excluding hydrogens is 266 g/mol. The van der Waals surface area contributed by atoms with Crippen molar-refractivity contribution < 1.29 is 0 Å². The summed E-state index contributed by atoms with van der Waals surface area (Å²) in [4.78, 5) is 0. The van der Waals surface area contributed by atoms with Crippen LogP contribution in [-0.4, -0.2) is 6.04 Å². The van der Waals surface area contributed by atoms with Gasteiger partial charge in [-0.2, -0.15) is 0 Å². The first-order valence-corrected chi connectivity index (χ1v) is 8.66. The Hall–Kier alpha value is -0.530. The zero-order valence-electron chi connectivity index (χ0n) is 12.5. The summed E-state index contributed by atoms with van der Waals surface area (Å²) in [6, 6.07) is 7.59. The molecule has 2 aliphatic carbocycles. The summed E-state index contributed by atoms with van der Waals surface area (Å²) in [6.45, 7) is 2.39. The fraction of sp³-hybridized carbons (Fsp3) is 0.667. The van der Waals surface area contributed by atoms with Crippen molar-refractivity contribution in [3.8, 4) is 0 Å². The minimum absolute atomic E-state index is 0.542. The van der Waals surface area contributed by atoms with E-state index < -0.39 is 0 Å². The molecule has 1 saturated carbocycles. The van der Waals surface area contributed by atoms with E-state index in [1.54, 1.807) is 0 Å². The first kappa shape index (κ1) is 14.4. The lowest BCUT2D eigenvalue weighted by Gasteiger charge is -2.27. The lowest BCUT2D eigenvalue weighted by molar-refractivity contribution is 0.309. The fourth-order valence-electron chi connectivity index (χ4n) is 4.02. The smallest absolute Gasteiger partial charge is 0.0408 e. The Morgan fingerprint density at radius 3 is 2.60 bits per heavy atom. The largest absolute Gasteiger partial charge is 0.307 e. The second-order valence-corrected chi connectivity index (χ2v) is 7.08. The second-order valence-electron chi connectivity index (χ2n) is 6.64. The van der Waals surface area contributed by atoms with Crippen molar-refractivity contribution in [2.75, 3.05) is 0 Å². The van der Waals surface area contributed by atoms with Crippen LogP contribution < -0.4 is 5.32 Å². The quantitative estimate of drug-likeness (QED) is 0.748. The van der Waals surface area contributed by atoms with Crippen LogP contribution in [-0.2, 0) is 6.42 Å². The second kappa shape index (κ2) is 6.49. The maximum absolute atomic E-state index is 6.10. The summed E-state index contributed by atoms with van der Waals surface area (Å²) in [5, 5.41) is 4.79. The third kappa shape index (κ3) is 3.20. The molecule has 0 bridgehead atoms. The van der Waals surface area contributed by atoms with Crippen molar-refractivity contribution in [1.82, 2.24) is 5.32 Å². The first-order valence-electron chi connectivity index (χ1n) is 8.28. The van der Waals surface area contributed by atoms with Gasteiger partial charge < -0.3 is 5.32 Å². The lowest BCUT2D eigenvalue weighted by atomic mass is 9.92. The predicted molar refractivity (Wildman–Crippen MR) is 86.3 cm³/mol. The number of hydrogen-bond acceptors (Lipinski definition) is 1. The summed E-state index contributed by atoms with van der Waals surface area (Å²) in [6.07, 6.45) is 10.9. The molecule has 110 valence electrons. The van der Waals surface area contributed by atoms with Gasteiger partial charge in [0.25, 0.3) is 0 Å². The van der Waals surface area contributed by atoms with Crippen LogP contribution in [0.4, 0.5) is 0 Å².